The molecule has 0 N–H and O–H groups in total. The van der Waals surface area contributed by atoms with Crippen molar-refractivity contribution in [3.63, 3.8) is 0 Å². The zero-order valence-electron chi connectivity index (χ0n) is 26.9. The summed E-state index contributed by atoms with van der Waals surface area (Å²) in [5.41, 5.74) is 1.17. The van der Waals surface area contributed by atoms with Crippen molar-refractivity contribution in [2.45, 2.75) is 145 Å². The molecule has 1 aromatic carbocycles. The Morgan fingerprint density at radius 2 is 1.44 bits per heavy atom. The molecule has 0 aromatic heterocycles. The van der Waals surface area contributed by atoms with Crippen molar-refractivity contribution in [1.29, 1.82) is 0 Å². The van der Waals surface area contributed by atoms with E-state index in [2.05, 4.69) is 9.80 Å². The summed E-state index contributed by atoms with van der Waals surface area (Å²) in [7, 11) is 0. The molecule has 0 radical (unpaired) electrons. The maximum Gasteiger partial charge on any atom is 0.198 e. The van der Waals surface area contributed by atoms with Crippen LogP contribution in [0.4, 0.5) is 8.78 Å². The van der Waals surface area contributed by atoms with Crippen molar-refractivity contribution < 1.29 is 8.78 Å². The van der Waals surface area contributed by atoms with Gasteiger partial charge in [0, 0.05) is 24.0 Å². The highest BCUT2D eigenvalue weighted by molar-refractivity contribution is 6.76. The third-order valence-corrected chi connectivity index (χ3v) is 17.8. The highest BCUT2D eigenvalue weighted by atomic mass is 19.1. The molecule has 3 bridgehead atoms. The van der Waals surface area contributed by atoms with Crippen molar-refractivity contribution in [1.82, 2.24) is 9.80 Å². The van der Waals surface area contributed by atoms with E-state index in [1.165, 1.54) is 102 Å². The third-order valence-electron chi connectivity index (χ3n) is 17.8. The van der Waals surface area contributed by atoms with Crippen molar-refractivity contribution in [2.24, 2.45) is 57.8 Å². The van der Waals surface area contributed by atoms with Crippen LogP contribution >= 0.6 is 0 Å². The van der Waals surface area contributed by atoms with E-state index in [0.717, 1.165) is 47.8 Å². The Hall–Kier alpha value is -1.59. The average molecular weight is 610 g/mol. The molecule has 6 heteroatoms. The maximum atomic E-state index is 16.1. The van der Waals surface area contributed by atoms with Crippen molar-refractivity contribution in [3.05, 3.63) is 29.8 Å². The van der Waals surface area contributed by atoms with Crippen LogP contribution in [0.2, 0.25) is 11.6 Å². The molecular formula is C39H50BF2N3. The molecule has 11 aliphatic rings. The summed E-state index contributed by atoms with van der Waals surface area (Å²) in [6.45, 7) is 0.0160. The smallest absolute Gasteiger partial charge is 0.198 e. The monoisotopic (exact) mass is 609 g/mol. The minimum Gasteiger partial charge on any atom is -0.337 e. The van der Waals surface area contributed by atoms with Crippen LogP contribution in [0.5, 0.6) is 0 Å². The SMILES string of the molecule is Fc1cccc(F)c1B1C2CC3C4CC5CC6CC(CC56C4)C3CC2N2C3=NC4CCCCC4N3C3CCCC4CCC1C2C43. The third kappa shape index (κ3) is 3.15. The molecule has 10 fully saturated rings. The van der Waals surface area contributed by atoms with Crippen molar-refractivity contribution >= 4 is 18.1 Å². The summed E-state index contributed by atoms with van der Waals surface area (Å²) in [6, 6.07) is 7.23. The lowest BCUT2D eigenvalue weighted by molar-refractivity contribution is -0.0663. The van der Waals surface area contributed by atoms with Gasteiger partial charge in [-0.3, -0.25) is 0 Å². The van der Waals surface area contributed by atoms with Gasteiger partial charge < -0.3 is 9.80 Å². The molecule has 2 saturated heterocycles. The Morgan fingerprint density at radius 1 is 0.689 bits per heavy atom. The van der Waals surface area contributed by atoms with E-state index >= 15 is 8.78 Å². The second kappa shape index (κ2) is 8.90. The van der Waals surface area contributed by atoms with Gasteiger partial charge in [0.15, 0.2) is 12.7 Å². The van der Waals surface area contributed by atoms with Crippen LogP contribution in [-0.2, 0) is 0 Å². The first kappa shape index (κ1) is 26.4. The maximum absolute atomic E-state index is 16.1. The van der Waals surface area contributed by atoms with Gasteiger partial charge in [0.1, 0.15) is 11.6 Å². The first-order chi connectivity index (χ1) is 22.1. The number of hydrogen-bond donors (Lipinski definition) is 0. The minimum atomic E-state index is -0.265. The lowest BCUT2D eigenvalue weighted by Gasteiger charge is -2.68. The zero-order valence-corrected chi connectivity index (χ0v) is 26.9. The van der Waals surface area contributed by atoms with Crippen LogP contribution in [0.1, 0.15) is 103 Å². The van der Waals surface area contributed by atoms with E-state index in [9.17, 15) is 0 Å². The second-order valence-electron chi connectivity index (χ2n) is 18.7. The number of halogens is 2. The fourth-order valence-electron chi connectivity index (χ4n) is 16.7. The molecule has 45 heavy (non-hydrogen) atoms. The molecule has 12 rings (SSSR count). The van der Waals surface area contributed by atoms with Gasteiger partial charge in [-0.25, -0.2) is 13.8 Å². The molecule has 1 aromatic rings. The van der Waals surface area contributed by atoms with E-state index in [1.807, 2.05) is 0 Å². The first-order valence-corrected chi connectivity index (χ1v) is 19.7. The lowest BCUT2D eigenvalue weighted by atomic mass is 9.22. The van der Waals surface area contributed by atoms with E-state index in [0.29, 0.717) is 58.6 Å². The fourth-order valence-corrected chi connectivity index (χ4v) is 16.7. The predicted molar refractivity (Wildman–Crippen MR) is 174 cm³/mol. The molecule has 3 nitrogen and oxygen atoms in total. The number of hydrogen-bond acceptors (Lipinski definition) is 3. The number of rotatable bonds is 1. The lowest BCUT2D eigenvalue weighted by Crippen LogP contribution is -2.77. The summed E-state index contributed by atoms with van der Waals surface area (Å²) >= 11 is 0. The number of aliphatic imine (C=N–C) groups is 1. The van der Waals surface area contributed by atoms with Gasteiger partial charge in [0.05, 0.1) is 12.1 Å². The number of nitrogens with zero attached hydrogens (tertiary/aromatic N) is 3. The van der Waals surface area contributed by atoms with Gasteiger partial charge in [-0.1, -0.05) is 44.6 Å². The topological polar surface area (TPSA) is 18.8 Å². The van der Waals surface area contributed by atoms with E-state index in [-0.39, 0.29) is 18.3 Å². The molecule has 16 unspecified atom stereocenters. The second-order valence-corrected chi connectivity index (χ2v) is 18.7. The fraction of sp³-hybridized carbons (Fsp3) is 0.821. The summed E-state index contributed by atoms with van der Waals surface area (Å²) < 4.78 is 32.3. The molecule has 8 saturated carbocycles. The molecular weight excluding hydrogens is 559 g/mol. The Labute approximate surface area is 268 Å². The summed E-state index contributed by atoms with van der Waals surface area (Å²) in [4.78, 5) is 11.7. The van der Waals surface area contributed by atoms with Crippen LogP contribution in [-0.4, -0.2) is 52.7 Å². The molecule has 3 aliphatic heterocycles. The van der Waals surface area contributed by atoms with Crippen LogP contribution in [0.3, 0.4) is 0 Å². The predicted octanol–water partition coefficient (Wildman–Crippen LogP) is 7.52. The van der Waals surface area contributed by atoms with Crippen LogP contribution in [0, 0.1) is 64.4 Å². The van der Waals surface area contributed by atoms with Gasteiger partial charge >= 0.3 is 0 Å². The van der Waals surface area contributed by atoms with Gasteiger partial charge in [0.2, 0.25) is 0 Å². The molecule has 16 atom stereocenters. The molecule has 0 amide bonds. The Balaban J connectivity index is 1.04. The van der Waals surface area contributed by atoms with Gasteiger partial charge in [0.25, 0.3) is 0 Å². The van der Waals surface area contributed by atoms with E-state index in [4.69, 9.17) is 4.99 Å². The Kier molecular flexibility index (Phi) is 5.22. The number of guanidine groups is 1. The van der Waals surface area contributed by atoms with E-state index in [1.54, 1.807) is 18.2 Å². The molecule has 1 spiro atoms. The average Bonchev–Trinajstić information content (AvgIpc) is 3.66. The Bertz CT molecular complexity index is 1460. The van der Waals surface area contributed by atoms with Crippen molar-refractivity contribution in [2.75, 3.05) is 0 Å². The largest absolute Gasteiger partial charge is 0.337 e. The van der Waals surface area contributed by atoms with E-state index < -0.39 is 0 Å². The van der Waals surface area contributed by atoms with Gasteiger partial charge in [-0.05, 0) is 140 Å². The number of fused-ring (bicyclic) bond motifs is 12. The normalized spacial score (nSPS) is 54.2. The summed E-state index contributed by atoms with van der Waals surface area (Å²) in [6.07, 6.45) is 21.6. The van der Waals surface area contributed by atoms with Crippen molar-refractivity contribution in [3.8, 4) is 0 Å². The highest BCUT2D eigenvalue weighted by Gasteiger charge is 2.71. The van der Waals surface area contributed by atoms with Gasteiger partial charge in [-0.2, -0.15) is 0 Å². The van der Waals surface area contributed by atoms with Crippen LogP contribution in [0.25, 0.3) is 0 Å². The summed E-state index contributed by atoms with van der Waals surface area (Å²) in [5.74, 6) is 8.29. The van der Waals surface area contributed by atoms with Crippen LogP contribution in [0.15, 0.2) is 23.2 Å². The minimum absolute atomic E-state index is 0.0160. The number of benzene rings is 1. The molecule has 238 valence electrons. The van der Waals surface area contributed by atoms with Gasteiger partial charge in [-0.15, -0.1) is 0 Å². The van der Waals surface area contributed by atoms with Crippen LogP contribution < -0.4 is 5.46 Å². The zero-order chi connectivity index (χ0) is 29.3. The highest BCUT2D eigenvalue weighted by Crippen LogP contribution is 2.77. The first-order valence-electron chi connectivity index (χ1n) is 19.7. The Morgan fingerprint density at radius 3 is 2.27 bits per heavy atom. The molecule has 8 aliphatic carbocycles. The molecule has 3 heterocycles. The standard InChI is InChI=1S/C39H50BF2N3/c41-29-6-4-7-30(42)36(29)40-27-12-11-20-5-3-10-33-35(20)37(27)45(38-43-31-8-1-2-9-32(31)44(33)38)34-17-26-22-14-24-15-23-13-21(18-39(23,24)19-22)25(26)16-28(34)40/h4,6-7,20-28,31-35,37H,1-3,5,8-19H2. The summed E-state index contributed by atoms with van der Waals surface area (Å²) in [5, 5.41) is 0. The quantitative estimate of drug-likeness (QED) is 0.307.